The zero-order valence-corrected chi connectivity index (χ0v) is 14.9. The van der Waals surface area contributed by atoms with Crippen LogP contribution >= 0.6 is 23.2 Å². The van der Waals surface area contributed by atoms with E-state index in [0.717, 1.165) is 5.56 Å². The molecule has 1 aromatic rings. The molecule has 25 heavy (non-hydrogen) atoms. The van der Waals surface area contributed by atoms with Gasteiger partial charge < -0.3 is 5.32 Å². The summed E-state index contributed by atoms with van der Waals surface area (Å²) in [6.07, 6.45) is -4.70. The molecule has 1 aliphatic carbocycles. The molecule has 0 aromatic heterocycles. The summed E-state index contributed by atoms with van der Waals surface area (Å²) in [5.41, 5.74) is -0.239. The molecule has 1 N–H and O–H groups in total. The first kappa shape index (κ1) is 18.5. The number of nitrogens with one attached hydrogen (secondary N) is 1. The molecule has 1 spiro atoms. The Kier molecular flexibility index (Phi) is 4.57. The molecule has 2 aliphatic rings. The highest BCUT2D eigenvalue weighted by molar-refractivity contribution is 6.38. The number of rotatable bonds is 1. The van der Waals surface area contributed by atoms with E-state index in [9.17, 15) is 22.8 Å². The third kappa shape index (κ3) is 3.14. The van der Waals surface area contributed by atoms with Crippen LogP contribution in [0.4, 0.5) is 13.2 Å². The third-order valence-corrected chi connectivity index (χ3v) is 5.80. The summed E-state index contributed by atoms with van der Waals surface area (Å²) in [4.78, 5) is 25.4. The monoisotopic (exact) mass is 393 g/mol. The van der Waals surface area contributed by atoms with Gasteiger partial charge in [-0.25, -0.2) is 0 Å². The molecular weight excluding hydrogens is 378 g/mol. The average molecular weight is 394 g/mol. The molecule has 3 nitrogen and oxygen atoms in total. The standard InChI is InChI=1S/C17H16Cl2F3NO2/c1-8-6-10(18)12(11(19)7-8)13-14(24)16(23-15(13)25)4-2-9(3-5-16)17(20,21)22/h6-7,9,13H,2-5H2,1H3,(H,23,25). The van der Waals surface area contributed by atoms with Crippen LogP contribution in [0.15, 0.2) is 12.1 Å². The Bertz CT molecular complexity index is 717. The molecule has 1 atom stereocenters. The fourth-order valence-electron chi connectivity index (χ4n) is 3.82. The molecule has 1 heterocycles. The van der Waals surface area contributed by atoms with Crippen molar-refractivity contribution >= 4 is 34.9 Å². The van der Waals surface area contributed by atoms with E-state index in [0.29, 0.717) is 0 Å². The van der Waals surface area contributed by atoms with E-state index in [4.69, 9.17) is 23.2 Å². The maximum Gasteiger partial charge on any atom is 0.391 e. The number of hydrogen-bond acceptors (Lipinski definition) is 2. The van der Waals surface area contributed by atoms with E-state index >= 15 is 0 Å². The normalized spacial score (nSPS) is 30.0. The van der Waals surface area contributed by atoms with Crippen LogP contribution in [0.5, 0.6) is 0 Å². The SMILES string of the molecule is Cc1cc(Cl)c(C2C(=O)NC3(CCC(C(F)(F)F)CC3)C2=O)c(Cl)c1. The fraction of sp³-hybridized carbons (Fsp3) is 0.529. The molecular formula is C17H16Cl2F3NO2. The number of carbonyl (C=O) groups excluding carboxylic acids is 2. The first-order valence-electron chi connectivity index (χ1n) is 7.94. The number of carbonyl (C=O) groups is 2. The van der Waals surface area contributed by atoms with Gasteiger partial charge in [0.1, 0.15) is 5.92 Å². The second-order valence-corrected chi connectivity index (χ2v) is 7.64. The van der Waals surface area contributed by atoms with Crippen molar-refractivity contribution in [2.45, 2.75) is 50.2 Å². The second-order valence-electron chi connectivity index (χ2n) is 6.83. The molecule has 0 bridgehead atoms. The lowest BCUT2D eigenvalue weighted by molar-refractivity contribution is -0.185. The Morgan fingerprint density at radius 2 is 1.64 bits per heavy atom. The summed E-state index contributed by atoms with van der Waals surface area (Å²) in [5, 5.41) is 3.05. The largest absolute Gasteiger partial charge is 0.391 e. The Labute approximate surface area is 152 Å². The molecule has 1 saturated heterocycles. The molecule has 1 unspecified atom stereocenters. The minimum Gasteiger partial charge on any atom is -0.343 e. The van der Waals surface area contributed by atoms with Crippen molar-refractivity contribution in [1.29, 1.82) is 0 Å². The number of aryl methyl sites for hydroxylation is 1. The van der Waals surface area contributed by atoms with Crippen LogP contribution in [-0.2, 0) is 9.59 Å². The smallest absolute Gasteiger partial charge is 0.343 e. The lowest BCUT2D eigenvalue weighted by atomic mass is 9.73. The van der Waals surface area contributed by atoms with Gasteiger partial charge >= 0.3 is 6.18 Å². The van der Waals surface area contributed by atoms with E-state index < -0.39 is 35.2 Å². The molecule has 1 amide bonds. The maximum atomic E-state index is 13.0. The molecule has 1 aliphatic heterocycles. The van der Waals surface area contributed by atoms with Crippen molar-refractivity contribution in [2.24, 2.45) is 5.92 Å². The maximum absolute atomic E-state index is 13.0. The number of hydrogen-bond donors (Lipinski definition) is 1. The molecule has 3 rings (SSSR count). The summed E-state index contributed by atoms with van der Waals surface area (Å²) in [6.45, 7) is 1.78. The van der Waals surface area contributed by atoms with Crippen molar-refractivity contribution < 1.29 is 22.8 Å². The van der Waals surface area contributed by atoms with Crippen LogP contribution in [-0.4, -0.2) is 23.4 Å². The Morgan fingerprint density at radius 3 is 2.12 bits per heavy atom. The summed E-state index contributed by atoms with van der Waals surface area (Å²) < 4.78 is 38.6. The molecule has 0 radical (unpaired) electrons. The highest BCUT2D eigenvalue weighted by Crippen LogP contribution is 2.47. The predicted molar refractivity (Wildman–Crippen MR) is 87.8 cm³/mol. The molecule has 136 valence electrons. The van der Waals surface area contributed by atoms with E-state index in [1.807, 2.05) is 0 Å². The molecule has 1 aromatic carbocycles. The number of amides is 1. The van der Waals surface area contributed by atoms with Crippen LogP contribution in [0.2, 0.25) is 10.0 Å². The lowest BCUT2D eigenvalue weighted by Crippen LogP contribution is -2.50. The fourth-order valence-corrected chi connectivity index (χ4v) is 4.64. The van der Waals surface area contributed by atoms with Gasteiger partial charge in [-0.05, 0) is 50.3 Å². The van der Waals surface area contributed by atoms with Gasteiger partial charge in [0.25, 0.3) is 0 Å². The van der Waals surface area contributed by atoms with Crippen LogP contribution in [0, 0.1) is 12.8 Å². The van der Waals surface area contributed by atoms with Crippen LogP contribution in [0.25, 0.3) is 0 Å². The van der Waals surface area contributed by atoms with E-state index in [1.54, 1.807) is 19.1 Å². The van der Waals surface area contributed by atoms with Crippen LogP contribution in [0.1, 0.15) is 42.7 Å². The highest BCUT2D eigenvalue weighted by Gasteiger charge is 2.57. The average Bonchev–Trinajstić information content (AvgIpc) is 2.70. The minimum atomic E-state index is -4.28. The number of alkyl halides is 3. The van der Waals surface area contributed by atoms with Crippen molar-refractivity contribution in [3.05, 3.63) is 33.3 Å². The van der Waals surface area contributed by atoms with E-state index in [2.05, 4.69) is 5.32 Å². The van der Waals surface area contributed by atoms with Gasteiger partial charge in [0.05, 0.1) is 11.5 Å². The Morgan fingerprint density at radius 1 is 1.12 bits per heavy atom. The number of ketones is 1. The summed E-state index contributed by atoms with van der Waals surface area (Å²) in [5.74, 6) is -3.61. The number of benzene rings is 1. The van der Waals surface area contributed by atoms with Crippen molar-refractivity contribution in [2.75, 3.05) is 0 Å². The van der Waals surface area contributed by atoms with Crippen molar-refractivity contribution in [3.8, 4) is 0 Å². The van der Waals surface area contributed by atoms with Gasteiger partial charge in [-0.3, -0.25) is 9.59 Å². The van der Waals surface area contributed by atoms with Crippen molar-refractivity contribution in [3.63, 3.8) is 0 Å². The topological polar surface area (TPSA) is 46.2 Å². The van der Waals surface area contributed by atoms with Crippen molar-refractivity contribution in [1.82, 2.24) is 5.32 Å². The number of Topliss-reactive ketones (excluding diaryl/α,β-unsaturated/α-hetero) is 1. The molecule has 8 heteroatoms. The van der Waals surface area contributed by atoms with Gasteiger partial charge in [0.2, 0.25) is 5.91 Å². The second kappa shape index (κ2) is 6.16. The molecule has 2 fully saturated rings. The van der Waals surface area contributed by atoms with E-state index in [-0.39, 0.29) is 41.3 Å². The summed E-state index contributed by atoms with van der Waals surface area (Å²) >= 11 is 12.4. The first-order chi connectivity index (χ1) is 11.5. The molecule has 1 saturated carbocycles. The zero-order chi connectivity index (χ0) is 18.6. The summed E-state index contributed by atoms with van der Waals surface area (Å²) in [6, 6.07) is 3.21. The highest BCUT2D eigenvalue weighted by atomic mass is 35.5. The van der Waals surface area contributed by atoms with Gasteiger partial charge in [-0.1, -0.05) is 23.2 Å². The first-order valence-corrected chi connectivity index (χ1v) is 8.69. The van der Waals surface area contributed by atoms with Gasteiger partial charge in [0, 0.05) is 15.6 Å². The predicted octanol–water partition coefficient (Wildman–Crippen LogP) is 4.58. The van der Waals surface area contributed by atoms with Gasteiger partial charge in [0.15, 0.2) is 5.78 Å². The minimum absolute atomic E-state index is 0.0284. The van der Waals surface area contributed by atoms with Crippen LogP contribution < -0.4 is 5.32 Å². The quantitative estimate of drug-likeness (QED) is 0.709. The number of halogens is 5. The van der Waals surface area contributed by atoms with E-state index in [1.165, 1.54) is 0 Å². The summed E-state index contributed by atoms with van der Waals surface area (Å²) in [7, 11) is 0. The van der Waals surface area contributed by atoms with Crippen LogP contribution in [0.3, 0.4) is 0 Å². The van der Waals surface area contributed by atoms with Gasteiger partial charge in [-0.15, -0.1) is 0 Å². The third-order valence-electron chi connectivity index (χ3n) is 5.17. The lowest BCUT2D eigenvalue weighted by Gasteiger charge is -2.36. The zero-order valence-electron chi connectivity index (χ0n) is 13.3. The Hall–Kier alpha value is -1.27. The Balaban J connectivity index is 1.90. The van der Waals surface area contributed by atoms with Gasteiger partial charge in [-0.2, -0.15) is 13.2 Å².